The molecule has 0 radical (unpaired) electrons. The van der Waals surface area contributed by atoms with Crippen molar-refractivity contribution in [3.8, 4) is 11.5 Å². The first-order chi connectivity index (χ1) is 19.2. The highest BCUT2D eigenvalue weighted by Crippen LogP contribution is 2.35. The first kappa shape index (κ1) is 27.5. The molecule has 1 saturated heterocycles. The molecule has 1 aliphatic heterocycles. The number of nitrogens with one attached hydrogen (secondary N) is 1. The van der Waals surface area contributed by atoms with E-state index in [0.717, 1.165) is 35.1 Å². The van der Waals surface area contributed by atoms with E-state index >= 15 is 0 Å². The Kier molecular flexibility index (Phi) is 8.21. The van der Waals surface area contributed by atoms with Gasteiger partial charge in [-0.1, -0.05) is 23.7 Å². The van der Waals surface area contributed by atoms with E-state index in [1.165, 1.54) is 6.33 Å². The first-order valence-electron chi connectivity index (χ1n) is 13.2. The second kappa shape index (κ2) is 12.0. The third-order valence-electron chi connectivity index (χ3n) is 6.24. The Bertz CT molecular complexity index is 1470. The number of ether oxygens (including phenoxy) is 3. The highest BCUT2D eigenvalue weighted by atomic mass is 35.5. The predicted octanol–water partition coefficient (Wildman–Crippen LogP) is 6.78. The van der Waals surface area contributed by atoms with Gasteiger partial charge in [0.1, 0.15) is 42.0 Å². The first-order valence-corrected chi connectivity index (χ1v) is 13.6. The van der Waals surface area contributed by atoms with E-state index in [-0.39, 0.29) is 12.2 Å². The highest BCUT2D eigenvalue weighted by molar-refractivity contribution is 6.32. The number of carbonyl (C=O) groups excluding carboxylic acids is 1. The fraction of sp³-hybridized carbons (Fsp3) is 0.333. The van der Waals surface area contributed by atoms with Gasteiger partial charge >= 0.3 is 6.09 Å². The summed E-state index contributed by atoms with van der Waals surface area (Å²) in [5.41, 5.74) is 1.73. The molecule has 1 atom stereocenters. The number of hydrogen-bond acceptors (Lipinski definition) is 8. The summed E-state index contributed by atoms with van der Waals surface area (Å²) < 4.78 is 17.9. The van der Waals surface area contributed by atoms with Crippen molar-refractivity contribution in [2.45, 2.75) is 51.9 Å². The Labute approximate surface area is 238 Å². The molecular weight excluding hydrogens is 530 g/mol. The van der Waals surface area contributed by atoms with Crippen molar-refractivity contribution in [2.24, 2.45) is 0 Å². The number of nitrogens with zero attached hydrogens (tertiary/aromatic N) is 4. The lowest BCUT2D eigenvalue weighted by molar-refractivity contribution is 0.00794. The number of halogens is 1. The molecule has 1 aliphatic rings. The summed E-state index contributed by atoms with van der Waals surface area (Å²) in [5.74, 6) is 1.78. The number of benzene rings is 2. The minimum absolute atomic E-state index is 0.190. The Hall–Kier alpha value is -4.11. The molecule has 208 valence electrons. The molecule has 0 spiro atoms. The average molecular weight is 562 g/mol. The van der Waals surface area contributed by atoms with Crippen LogP contribution in [0.3, 0.4) is 0 Å². The molecule has 40 heavy (non-hydrogen) atoms. The van der Waals surface area contributed by atoms with Crippen molar-refractivity contribution >= 4 is 40.1 Å². The van der Waals surface area contributed by atoms with E-state index in [1.54, 1.807) is 17.2 Å². The van der Waals surface area contributed by atoms with Crippen molar-refractivity contribution < 1.29 is 19.0 Å². The largest absolute Gasteiger partial charge is 0.488 e. The number of pyridine rings is 1. The summed E-state index contributed by atoms with van der Waals surface area (Å²) in [6, 6.07) is 16.8. The Morgan fingerprint density at radius 1 is 1.07 bits per heavy atom. The van der Waals surface area contributed by atoms with Crippen LogP contribution in [0.1, 0.15) is 39.3 Å². The standard InChI is InChI=1S/C30H32ClN5O4/c1-30(2,3)40-29(37)36-15-7-9-22(17-36)39-26-11-6-10-24-27(26)28(34-19-33-24)35-20-12-13-25(23(31)16-20)38-18-21-8-4-5-14-32-21/h4-6,8,10-14,16,19,22H,7,9,15,17-18H2,1-3H3,(H,33,34,35)/t22-/m0/s1. The van der Waals surface area contributed by atoms with Crippen LogP contribution in [0, 0.1) is 0 Å². The van der Waals surface area contributed by atoms with E-state index in [1.807, 2.05) is 69.3 Å². The fourth-order valence-corrected chi connectivity index (χ4v) is 4.68. The van der Waals surface area contributed by atoms with Crippen molar-refractivity contribution in [2.75, 3.05) is 18.4 Å². The van der Waals surface area contributed by atoms with Crippen molar-refractivity contribution in [3.63, 3.8) is 0 Å². The van der Waals surface area contributed by atoms with Crippen LogP contribution in [0.2, 0.25) is 5.02 Å². The van der Waals surface area contributed by atoms with Crippen LogP contribution in [0.15, 0.2) is 67.1 Å². The summed E-state index contributed by atoms with van der Waals surface area (Å²) in [7, 11) is 0. The summed E-state index contributed by atoms with van der Waals surface area (Å²) in [5, 5.41) is 4.55. The third kappa shape index (κ3) is 6.90. The number of likely N-dealkylation sites (tertiary alicyclic amines) is 1. The zero-order chi connectivity index (χ0) is 28.1. The zero-order valence-corrected chi connectivity index (χ0v) is 23.5. The van der Waals surface area contributed by atoms with Crippen LogP contribution in [0.5, 0.6) is 11.5 Å². The van der Waals surface area contributed by atoms with Gasteiger partial charge in [0.05, 0.1) is 28.2 Å². The number of carbonyl (C=O) groups is 1. The van der Waals surface area contributed by atoms with Crippen molar-refractivity contribution in [1.82, 2.24) is 19.9 Å². The molecule has 2 aromatic heterocycles. The fourth-order valence-electron chi connectivity index (χ4n) is 4.45. The van der Waals surface area contributed by atoms with Crippen molar-refractivity contribution in [1.29, 1.82) is 0 Å². The van der Waals surface area contributed by atoms with Crippen molar-refractivity contribution in [3.05, 3.63) is 77.8 Å². The number of amides is 1. The second-order valence-electron chi connectivity index (χ2n) is 10.6. The maximum absolute atomic E-state index is 12.6. The van der Waals surface area contributed by atoms with Crippen LogP contribution in [-0.2, 0) is 11.3 Å². The maximum Gasteiger partial charge on any atom is 0.410 e. The molecule has 5 rings (SSSR count). The minimum atomic E-state index is -0.551. The summed E-state index contributed by atoms with van der Waals surface area (Å²) in [6.45, 7) is 6.99. The Morgan fingerprint density at radius 3 is 2.73 bits per heavy atom. The Balaban J connectivity index is 1.32. The quantitative estimate of drug-likeness (QED) is 0.264. The molecule has 2 aromatic carbocycles. The number of anilines is 2. The molecule has 0 unspecified atom stereocenters. The number of hydrogen-bond donors (Lipinski definition) is 1. The van der Waals surface area contributed by atoms with Crippen LogP contribution < -0.4 is 14.8 Å². The lowest BCUT2D eigenvalue weighted by Gasteiger charge is -2.34. The summed E-state index contributed by atoms with van der Waals surface area (Å²) in [4.78, 5) is 27.6. The number of fused-ring (bicyclic) bond motifs is 1. The van der Waals surface area contributed by atoms with Crippen LogP contribution >= 0.6 is 11.6 Å². The lowest BCUT2D eigenvalue weighted by Crippen LogP contribution is -2.46. The van der Waals surface area contributed by atoms with E-state index in [0.29, 0.717) is 42.0 Å². The van der Waals surface area contributed by atoms with Gasteiger partial charge < -0.3 is 24.4 Å². The van der Waals surface area contributed by atoms with Gasteiger partial charge in [0.2, 0.25) is 0 Å². The van der Waals surface area contributed by atoms with Gasteiger partial charge in [-0.3, -0.25) is 4.98 Å². The molecule has 9 nitrogen and oxygen atoms in total. The molecule has 0 bridgehead atoms. The normalized spacial score (nSPS) is 15.5. The monoisotopic (exact) mass is 561 g/mol. The lowest BCUT2D eigenvalue weighted by atomic mass is 10.1. The van der Waals surface area contributed by atoms with Gasteiger partial charge in [0.25, 0.3) is 0 Å². The maximum atomic E-state index is 12.6. The highest BCUT2D eigenvalue weighted by Gasteiger charge is 2.29. The molecule has 10 heteroatoms. The van der Waals surface area contributed by atoms with Crippen LogP contribution in [0.25, 0.3) is 10.9 Å². The molecule has 1 N–H and O–H groups in total. The van der Waals surface area contributed by atoms with Gasteiger partial charge in [0.15, 0.2) is 0 Å². The van der Waals surface area contributed by atoms with Crippen LogP contribution in [0.4, 0.5) is 16.3 Å². The smallest absolute Gasteiger partial charge is 0.410 e. The molecule has 1 amide bonds. The topological polar surface area (TPSA) is 98.7 Å². The molecule has 1 fully saturated rings. The van der Waals surface area contributed by atoms with Gasteiger partial charge in [-0.05, 0) is 76.1 Å². The predicted molar refractivity (Wildman–Crippen MR) is 154 cm³/mol. The van der Waals surface area contributed by atoms with Gasteiger partial charge in [-0.15, -0.1) is 0 Å². The molecular formula is C30H32ClN5O4. The van der Waals surface area contributed by atoms with E-state index in [4.69, 9.17) is 25.8 Å². The molecule has 0 aliphatic carbocycles. The van der Waals surface area contributed by atoms with Gasteiger partial charge in [-0.2, -0.15) is 0 Å². The molecule has 3 heterocycles. The SMILES string of the molecule is CC(C)(C)OC(=O)N1CCC[C@H](Oc2cccc3ncnc(Nc4ccc(OCc5ccccn5)c(Cl)c4)c23)C1. The van der Waals surface area contributed by atoms with Gasteiger partial charge in [-0.25, -0.2) is 14.8 Å². The number of rotatable bonds is 7. The van der Waals surface area contributed by atoms with Crippen LogP contribution in [-0.4, -0.2) is 50.7 Å². The van der Waals surface area contributed by atoms with E-state index in [9.17, 15) is 4.79 Å². The van der Waals surface area contributed by atoms with E-state index in [2.05, 4.69) is 20.3 Å². The zero-order valence-electron chi connectivity index (χ0n) is 22.8. The number of aromatic nitrogens is 3. The average Bonchev–Trinajstić information content (AvgIpc) is 2.93. The number of piperidine rings is 1. The molecule has 0 saturated carbocycles. The third-order valence-corrected chi connectivity index (χ3v) is 6.54. The van der Waals surface area contributed by atoms with Gasteiger partial charge in [0, 0.05) is 18.4 Å². The van der Waals surface area contributed by atoms with E-state index < -0.39 is 5.60 Å². The Morgan fingerprint density at radius 2 is 1.95 bits per heavy atom. The second-order valence-corrected chi connectivity index (χ2v) is 11.0. The summed E-state index contributed by atoms with van der Waals surface area (Å²) in [6.07, 6.45) is 4.36. The minimum Gasteiger partial charge on any atom is -0.488 e. The summed E-state index contributed by atoms with van der Waals surface area (Å²) >= 11 is 6.53. The molecule has 4 aromatic rings.